The Kier molecular flexibility index (Phi) is 6.52. The van der Waals surface area contributed by atoms with Gasteiger partial charge in [0.25, 0.3) is 5.91 Å². The molecule has 0 radical (unpaired) electrons. The number of carbonyl (C=O) groups is 2. The molecular weight excluding hydrogens is 382 g/mol. The summed E-state index contributed by atoms with van der Waals surface area (Å²) in [4.78, 5) is 26.2. The molecule has 0 saturated heterocycles. The molecule has 0 atom stereocenters. The minimum atomic E-state index is -0.598. The zero-order chi connectivity index (χ0) is 19.1. The van der Waals surface area contributed by atoms with Crippen LogP contribution in [0.5, 0.6) is 0 Å². The summed E-state index contributed by atoms with van der Waals surface area (Å²) >= 11 is 7.40. The summed E-state index contributed by atoms with van der Waals surface area (Å²) in [6.07, 6.45) is 0. The quantitative estimate of drug-likeness (QED) is 0.574. The Balaban J connectivity index is 1.60. The molecule has 1 N–H and O–H groups in total. The van der Waals surface area contributed by atoms with Crippen LogP contribution < -0.4 is 5.32 Å². The summed E-state index contributed by atoms with van der Waals surface area (Å²) < 4.78 is 5.06. The predicted molar refractivity (Wildman–Crippen MR) is 107 cm³/mol. The van der Waals surface area contributed by atoms with Crippen molar-refractivity contribution in [2.24, 2.45) is 0 Å². The topological polar surface area (TPSA) is 55.4 Å². The fourth-order valence-electron chi connectivity index (χ4n) is 2.29. The fraction of sp³-hybridized carbons (Fsp3) is 0.0476. The molecule has 0 bridgehead atoms. The fourth-order valence-corrected chi connectivity index (χ4v) is 3.40. The van der Waals surface area contributed by atoms with Crippen LogP contribution in [0.3, 0.4) is 0 Å². The second kappa shape index (κ2) is 9.26. The highest BCUT2D eigenvalue weighted by Crippen LogP contribution is 2.33. The van der Waals surface area contributed by atoms with Crippen molar-refractivity contribution in [3.8, 4) is 0 Å². The Labute approximate surface area is 166 Å². The van der Waals surface area contributed by atoms with Gasteiger partial charge in [0.2, 0.25) is 0 Å². The average Bonchev–Trinajstić information content (AvgIpc) is 2.68. The second-order valence-electron chi connectivity index (χ2n) is 5.55. The number of halogens is 1. The van der Waals surface area contributed by atoms with Gasteiger partial charge in [-0.15, -0.1) is 0 Å². The van der Waals surface area contributed by atoms with Crippen LogP contribution >= 0.6 is 23.4 Å². The molecule has 6 heteroatoms. The van der Waals surface area contributed by atoms with Gasteiger partial charge in [-0.25, -0.2) is 4.79 Å². The van der Waals surface area contributed by atoms with E-state index in [0.717, 1.165) is 9.79 Å². The first-order chi connectivity index (χ1) is 13.1. The third kappa shape index (κ3) is 5.61. The molecule has 0 fully saturated rings. The van der Waals surface area contributed by atoms with E-state index in [0.29, 0.717) is 16.3 Å². The van der Waals surface area contributed by atoms with E-state index in [4.69, 9.17) is 16.3 Å². The van der Waals surface area contributed by atoms with Crippen LogP contribution in [0.4, 0.5) is 5.69 Å². The molecule has 4 nitrogen and oxygen atoms in total. The molecule has 1 amide bonds. The van der Waals surface area contributed by atoms with E-state index in [1.807, 2.05) is 54.6 Å². The Bertz CT molecular complexity index is 947. The molecule has 0 aromatic heterocycles. The van der Waals surface area contributed by atoms with E-state index in [1.165, 1.54) is 6.07 Å². The summed E-state index contributed by atoms with van der Waals surface area (Å²) in [7, 11) is 0. The van der Waals surface area contributed by atoms with Crippen molar-refractivity contribution in [2.75, 3.05) is 11.9 Å². The summed E-state index contributed by atoms with van der Waals surface area (Å²) in [6.45, 7) is -0.379. The van der Waals surface area contributed by atoms with Crippen molar-refractivity contribution in [1.82, 2.24) is 0 Å². The molecule has 3 aromatic carbocycles. The van der Waals surface area contributed by atoms with Gasteiger partial charge >= 0.3 is 5.97 Å². The lowest BCUT2D eigenvalue weighted by molar-refractivity contribution is -0.119. The molecule has 0 spiro atoms. The maximum absolute atomic E-state index is 12.2. The Hall–Kier alpha value is -2.76. The van der Waals surface area contributed by atoms with Gasteiger partial charge in [-0.2, -0.15) is 0 Å². The van der Waals surface area contributed by atoms with Crippen LogP contribution in [0.1, 0.15) is 10.4 Å². The lowest BCUT2D eigenvalue weighted by Crippen LogP contribution is -2.21. The molecule has 3 rings (SSSR count). The predicted octanol–water partition coefficient (Wildman–Crippen LogP) is 5.29. The average molecular weight is 398 g/mol. The summed E-state index contributed by atoms with van der Waals surface area (Å²) in [5.74, 6) is -1.01. The minimum absolute atomic E-state index is 0.301. The third-order valence-corrected chi connectivity index (χ3v) is 4.85. The monoisotopic (exact) mass is 397 g/mol. The number of esters is 1. The number of ether oxygens (including phenoxy) is 1. The summed E-state index contributed by atoms with van der Waals surface area (Å²) in [5.41, 5.74) is 0.963. The first kappa shape index (κ1) is 19.0. The molecular formula is C21H16ClNO3S. The lowest BCUT2D eigenvalue weighted by atomic mass is 10.2. The van der Waals surface area contributed by atoms with Gasteiger partial charge in [-0.05, 0) is 42.5 Å². The molecule has 27 heavy (non-hydrogen) atoms. The maximum atomic E-state index is 12.2. The number of hydrogen-bond acceptors (Lipinski definition) is 4. The minimum Gasteiger partial charge on any atom is -0.452 e. The van der Waals surface area contributed by atoms with E-state index in [2.05, 4.69) is 5.32 Å². The van der Waals surface area contributed by atoms with Gasteiger partial charge in [-0.3, -0.25) is 4.79 Å². The number of benzene rings is 3. The first-order valence-electron chi connectivity index (χ1n) is 8.16. The number of carbonyl (C=O) groups excluding carboxylic acids is 2. The van der Waals surface area contributed by atoms with Crippen LogP contribution in [-0.4, -0.2) is 18.5 Å². The Morgan fingerprint density at radius 1 is 0.926 bits per heavy atom. The number of hydrogen-bond donors (Lipinski definition) is 1. The number of para-hydroxylation sites is 1. The SMILES string of the molecule is O=C(COC(=O)c1cccc(Cl)c1)Nc1ccccc1Sc1ccccc1. The lowest BCUT2D eigenvalue weighted by Gasteiger charge is -2.11. The highest BCUT2D eigenvalue weighted by Gasteiger charge is 2.12. The Morgan fingerprint density at radius 2 is 1.67 bits per heavy atom. The van der Waals surface area contributed by atoms with Crippen LogP contribution in [0.2, 0.25) is 5.02 Å². The van der Waals surface area contributed by atoms with Crippen LogP contribution in [0, 0.1) is 0 Å². The number of nitrogens with one attached hydrogen (secondary N) is 1. The first-order valence-corrected chi connectivity index (χ1v) is 9.36. The number of rotatable bonds is 6. The van der Waals surface area contributed by atoms with Crippen molar-refractivity contribution in [2.45, 2.75) is 9.79 Å². The van der Waals surface area contributed by atoms with Crippen LogP contribution in [0.15, 0.2) is 88.7 Å². The van der Waals surface area contributed by atoms with E-state index in [9.17, 15) is 9.59 Å². The molecule has 0 unspecified atom stereocenters. The smallest absolute Gasteiger partial charge is 0.338 e. The standard InChI is InChI=1S/C21H16ClNO3S/c22-16-8-6-7-15(13-16)21(25)26-14-20(24)23-18-11-4-5-12-19(18)27-17-9-2-1-3-10-17/h1-13H,14H2,(H,23,24). The van der Waals surface area contributed by atoms with Crippen molar-refractivity contribution in [1.29, 1.82) is 0 Å². The van der Waals surface area contributed by atoms with E-state index >= 15 is 0 Å². The van der Waals surface area contributed by atoms with Crippen molar-refractivity contribution < 1.29 is 14.3 Å². The highest BCUT2D eigenvalue weighted by atomic mass is 35.5. The normalized spacial score (nSPS) is 10.3. The second-order valence-corrected chi connectivity index (χ2v) is 7.10. The zero-order valence-corrected chi connectivity index (χ0v) is 15.8. The van der Waals surface area contributed by atoms with Gasteiger partial charge in [0.15, 0.2) is 6.61 Å². The molecule has 0 heterocycles. The van der Waals surface area contributed by atoms with Crippen LogP contribution in [0.25, 0.3) is 0 Å². The number of anilines is 1. The van der Waals surface area contributed by atoms with Crippen molar-refractivity contribution in [3.05, 3.63) is 89.4 Å². The summed E-state index contributed by atoms with van der Waals surface area (Å²) in [5, 5.41) is 3.22. The van der Waals surface area contributed by atoms with Crippen molar-refractivity contribution >= 4 is 40.9 Å². The molecule has 0 aliphatic heterocycles. The van der Waals surface area contributed by atoms with E-state index < -0.39 is 11.9 Å². The van der Waals surface area contributed by atoms with Gasteiger partial charge in [0.1, 0.15) is 0 Å². The van der Waals surface area contributed by atoms with Gasteiger partial charge < -0.3 is 10.1 Å². The molecule has 0 aliphatic rings. The maximum Gasteiger partial charge on any atom is 0.338 e. The largest absolute Gasteiger partial charge is 0.452 e. The zero-order valence-electron chi connectivity index (χ0n) is 14.2. The summed E-state index contributed by atoms with van der Waals surface area (Å²) in [6, 6.07) is 23.7. The van der Waals surface area contributed by atoms with Crippen molar-refractivity contribution in [3.63, 3.8) is 0 Å². The Morgan fingerprint density at radius 3 is 2.44 bits per heavy atom. The molecule has 0 aliphatic carbocycles. The van der Waals surface area contributed by atoms with E-state index in [-0.39, 0.29) is 6.61 Å². The highest BCUT2D eigenvalue weighted by molar-refractivity contribution is 7.99. The molecule has 3 aromatic rings. The molecule has 0 saturated carbocycles. The third-order valence-electron chi connectivity index (χ3n) is 3.53. The number of amides is 1. The van der Waals surface area contributed by atoms with Gasteiger partial charge in [-0.1, -0.05) is 59.8 Å². The van der Waals surface area contributed by atoms with E-state index in [1.54, 1.807) is 30.0 Å². The molecule has 136 valence electrons. The van der Waals surface area contributed by atoms with Crippen LogP contribution in [-0.2, 0) is 9.53 Å². The van der Waals surface area contributed by atoms with Gasteiger partial charge in [0.05, 0.1) is 11.3 Å². The van der Waals surface area contributed by atoms with Gasteiger partial charge in [0, 0.05) is 14.8 Å².